The third kappa shape index (κ3) is 6.68. The molecule has 0 saturated carbocycles. The minimum absolute atomic E-state index is 1.12. The number of allylic oxidation sites excluding steroid dienone is 1. The zero-order valence-corrected chi connectivity index (χ0v) is 12.3. The van der Waals surface area contributed by atoms with Crippen molar-refractivity contribution >= 4 is 22.0 Å². The first-order valence-corrected chi connectivity index (χ1v) is 7.46. The van der Waals surface area contributed by atoms with Crippen LogP contribution < -0.4 is 0 Å². The maximum Gasteiger partial charge on any atom is 0.0253 e. The van der Waals surface area contributed by atoms with Gasteiger partial charge in [-0.3, -0.25) is 0 Å². The molecule has 1 aromatic rings. The Balaban J connectivity index is 2.12. The summed E-state index contributed by atoms with van der Waals surface area (Å²) in [6.07, 6.45) is 13.9. The van der Waals surface area contributed by atoms with Crippen LogP contribution in [0.5, 0.6) is 0 Å². The fourth-order valence-electron chi connectivity index (χ4n) is 1.81. The highest BCUT2D eigenvalue weighted by Crippen LogP contribution is 2.17. The Labute approximate surface area is 114 Å². The summed E-state index contributed by atoms with van der Waals surface area (Å²) in [6, 6.07) is 9.05. The Morgan fingerprint density at radius 3 is 2.71 bits per heavy atom. The fourth-order valence-corrected chi connectivity index (χ4v) is 2.21. The number of halogens is 1. The number of rotatable bonds is 8. The summed E-state index contributed by atoms with van der Waals surface area (Å²) in [7, 11) is 0. The second-order valence-corrected chi connectivity index (χ2v) is 5.26. The predicted molar refractivity (Wildman–Crippen MR) is 80.0 cm³/mol. The third-order valence-electron chi connectivity index (χ3n) is 2.87. The molecule has 0 bridgehead atoms. The predicted octanol–water partition coefficient (Wildman–Crippen LogP) is 6.01. The minimum Gasteiger partial charge on any atom is -0.0839 e. The number of hydrogen-bond donors (Lipinski definition) is 0. The van der Waals surface area contributed by atoms with Gasteiger partial charge in [-0.05, 0) is 30.5 Å². The van der Waals surface area contributed by atoms with E-state index in [1.807, 2.05) is 12.1 Å². The molecular weight excluding hydrogens is 272 g/mol. The summed E-state index contributed by atoms with van der Waals surface area (Å²) in [6.45, 7) is 2.26. The molecule has 0 aliphatic heterocycles. The van der Waals surface area contributed by atoms with E-state index in [0.29, 0.717) is 0 Å². The van der Waals surface area contributed by atoms with Gasteiger partial charge in [0.1, 0.15) is 0 Å². The molecule has 0 aliphatic rings. The molecule has 0 unspecified atom stereocenters. The Kier molecular flexibility index (Phi) is 8.08. The quantitative estimate of drug-likeness (QED) is 0.515. The van der Waals surface area contributed by atoms with Gasteiger partial charge in [0.05, 0.1) is 0 Å². The monoisotopic (exact) mass is 293 g/mol. The molecule has 17 heavy (non-hydrogen) atoms. The van der Waals surface area contributed by atoms with Crippen molar-refractivity contribution in [2.75, 3.05) is 0 Å². The van der Waals surface area contributed by atoms with Gasteiger partial charge in [-0.25, -0.2) is 0 Å². The largest absolute Gasteiger partial charge is 0.0839 e. The van der Waals surface area contributed by atoms with Crippen LogP contribution in [0.15, 0.2) is 28.7 Å². The van der Waals surface area contributed by atoms with Gasteiger partial charge in [0.2, 0.25) is 0 Å². The highest BCUT2D eigenvalue weighted by Gasteiger charge is 1.92. The van der Waals surface area contributed by atoms with Crippen molar-refractivity contribution in [3.63, 3.8) is 0 Å². The van der Waals surface area contributed by atoms with Gasteiger partial charge in [0, 0.05) is 4.47 Å². The Morgan fingerprint density at radius 2 is 1.94 bits per heavy atom. The molecule has 0 amide bonds. The van der Waals surface area contributed by atoms with Crippen LogP contribution in [-0.2, 0) is 0 Å². The summed E-state index contributed by atoms with van der Waals surface area (Å²) < 4.78 is 1.12. The highest BCUT2D eigenvalue weighted by molar-refractivity contribution is 9.10. The summed E-state index contributed by atoms with van der Waals surface area (Å²) in [5.41, 5.74) is 1.25. The van der Waals surface area contributed by atoms with Gasteiger partial charge in [-0.15, -0.1) is 0 Å². The first-order valence-electron chi connectivity index (χ1n) is 6.66. The van der Waals surface area contributed by atoms with Gasteiger partial charge in [-0.1, -0.05) is 79.2 Å². The molecule has 0 N–H and O–H groups in total. The zero-order chi connectivity index (χ0) is 12.3. The Morgan fingerprint density at radius 1 is 1.18 bits per heavy atom. The van der Waals surface area contributed by atoms with Crippen LogP contribution in [0.4, 0.5) is 0 Å². The SMILES string of the molecule is CCCCCCCC/C=C/c1cc[c]cc1Br. The molecule has 0 saturated heterocycles. The standard InChI is InChI=1S/C16H22Br/c1-2-3-4-5-6-7-8-9-12-15-13-10-11-14-16(15)17/h9-10,12-14H,2-8H2,1H3/b12-9+. The van der Waals surface area contributed by atoms with Crippen LogP contribution in [0.1, 0.15) is 57.4 Å². The van der Waals surface area contributed by atoms with Crippen molar-refractivity contribution in [3.05, 3.63) is 40.4 Å². The smallest absolute Gasteiger partial charge is 0.0253 e. The Hall–Kier alpha value is -0.560. The number of unbranched alkanes of at least 4 members (excludes halogenated alkanes) is 6. The normalized spacial score (nSPS) is 11.2. The van der Waals surface area contributed by atoms with E-state index in [2.05, 4.69) is 47.1 Å². The molecule has 93 valence electrons. The molecule has 1 radical (unpaired) electrons. The Bertz CT molecular complexity index is 328. The molecule has 0 nitrogen and oxygen atoms in total. The van der Waals surface area contributed by atoms with Gasteiger partial charge in [0.15, 0.2) is 0 Å². The summed E-state index contributed by atoms with van der Waals surface area (Å²) in [4.78, 5) is 0. The highest BCUT2D eigenvalue weighted by atomic mass is 79.9. The van der Waals surface area contributed by atoms with Crippen LogP contribution in [0.3, 0.4) is 0 Å². The van der Waals surface area contributed by atoms with Crippen molar-refractivity contribution in [3.8, 4) is 0 Å². The average molecular weight is 294 g/mol. The van der Waals surface area contributed by atoms with E-state index >= 15 is 0 Å². The van der Waals surface area contributed by atoms with Crippen molar-refractivity contribution in [1.29, 1.82) is 0 Å². The molecule has 1 heteroatoms. The average Bonchev–Trinajstić information content (AvgIpc) is 2.35. The fraction of sp³-hybridized carbons (Fsp3) is 0.500. The first kappa shape index (κ1) is 14.5. The molecule has 1 rings (SSSR count). The molecule has 0 aliphatic carbocycles. The lowest BCUT2D eigenvalue weighted by molar-refractivity contribution is 0.611. The van der Waals surface area contributed by atoms with Gasteiger partial charge in [0.25, 0.3) is 0 Å². The molecule has 0 heterocycles. The van der Waals surface area contributed by atoms with E-state index in [-0.39, 0.29) is 0 Å². The van der Waals surface area contributed by atoms with Crippen molar-refractivity contribution in [2.45, 2.75) is 51.9 Å². The third-order valence-corrected chi connectivity index (χ3v) is 3.55. The van der Waals surface area contributed by atoms with E-state index in [9.17, 15) is 0 Å². The molecular formula is C16H22Br. The summed E-state index contributed by atoms with van der Waals surface area (Å²) in [5, 5.41) is 0. The minimum atomic E-state index is 1.12. The molecule has 0 fully saturated rings. The van der Waals surface area contributed by atoms with E-state index < -0.39 is 0 Å². The van der Waals surface area contributed by atoms with Gasteiger partial charge >= 0.3 is 0 Å². The van der Waals surface area contributed by atoms with Crippen LogP contribution in [-0.4, -0.2) is 0 Å². The lowest BCUT2D eigenvalue weighted by Gasteiger charge is -1.98. The molecule has 1 aromatic carbocycles. The van der Waals surface area contributed by atoms with E-state index in [4.69, 9.17) is 0 Å². The molecule has 0 aromatic heterocycles. The summed E-state index contributed by atoms with van der Waals surface area (Å²) in [5.74, 6) is 0. The molecule has 0 spiro atoms. The number of hydrogen-bond acceptors (Lipinski definition) is 0. The number of benzene rings is 1. The lowest BCUT2D eigenvalue weighted by Crippen LogP contribution is -1.78. The maximum absolute atomic E-state index is 3.53. The molecule has 0 atom stereocenters. The van der Waals surface area contributed by atoms with E-state index in [0.717, 1.165) is 4.47 Å². The van der Waals surface area contributed by atoms with E-state index in [1.54, 1.807) is 0 Å². The topological polar surface area (TPSA) is 0 Å². The second kappa shape index (κ2) is 9.47. The zero-order valence-electron chi connectivity index (χ0n) is 10.7. The lowest BCUT2D eigenvalue weighted by atomic mass is 10.1. The van der Waals surface area contributed by atoms with E-state index in [1.165, 1.54) is 50.5 Å². The van der Waals surface area contributed by atoms with Gasteiger partial charge in [-0.2, -0.15) is 0 Å². The van der Waals surface area contributed by atoms with Crippen LogP contribution >= 0.6 is 15.9 Å². The maximum atomic E-state index is 3.53. The van der Waals surface area contributed by atoms with Crippen LogP contribution in [0, 0.1) is 6.07 Å². The summed E-state index contributed by atoms with van der Waals surface area (Å²) >= 11 is 3.53. The van der Waals surface area contributed by atoms with Gasteiger partial charge < -0.3 is 0 Å². The van der Waals surface area contributed by atoms with Crippen LogP contribution in [0.25, 0.3) is 6.08 Å². The van der Waals surface area contributed by atoms with Crippen molar-refractivity contribution in [2.24, 2.45) is 0 Å². The van der Waals surface area contributed by atoms with Crippen LogP contribution in [0.2, 0.25) is 0 Å². The van der Waals surface area contributed by atoms with Crippen molar-refractivity contribution in [1.82, 2.24) is 0 Å². The van der Waals surface area contributed by atoms with Crippen molar-refractivity contribution < 1.29 is 0 Å². The first-order chi connectivity index (χ1) is 8.34. The second-order valence-electron chi connectivity index (χ2n) is 4.41.